The molecule has 1 rings (SSSR count). The van der Waals surface area contributed by atoms with Gasteiger partial charge in [-0.3, -0.25) is 4.55 Å². The van der Waals surface area contributed by atoms with E-state index in [4.69, 9.17) is 9.47 Å². The van der Waals surface area contributed by atoms with Crippen LogP contribution in [0, 0.1) is 0 Å². The number of unbranched alkanes of at least 4 members (excludes halogenated alkanes) is 28. The highest BCUT2D eigenvalue weighted by atomic mass is 32.2. The van der Waals surface area contributed by atoms with Gasteiger partial charge in [-0.05, 0) is 37.8 Å². The molecule has 1 N–H and O–H groups in total. The molecule has 0 spiro atoms. The Morgan fingerprint density at radius 1 is 0.500 bits per heavy atom. The maximum atomic E-state index is 13.0. The third-order valence-corrected chi connectivity index (χ3v) is 11.0. The van der Waals surface area contributed by atoms with Gasteiger partial charge in [-0.1, -0.05) is 211 Å². The van der Waals surface area contributed by atoms with Gasteiger partial charge in [0.2, 0.25) is 0 Å². The van der Waals surface area contributed by atoms with Crippen molar-refractivity contribution in [1.82, 2.24) is 0 Å². The second-order valence-corrected chi connectivity index (χ2v) is 16.5. The molecule has 0 atom stereocenters. The quantitative estimate of drug-likeness (QED) is 0.0310. The first kappa shape index (κ1) is 49.6. The van der Waals surface area contributed by atoms with Crippen molar-refractivity contribution < 1.29 is 32.0 Å². The minimum absolute atomic E-state index is 0.00990. The third kappa shape index (κ3) is 27.2. The topological polar surface area (TPSA) is 107 Å². The molecule has 0 radical (unpaired) electrons. The van der Waals surface area contributed by atoms with Crippen molar-refractivity contribution in [3.8, 4) is 0 Å². The zero-order valence-corrected chi connectivity index (χ0v) is 35.3. The van der Waals surface area contributed by atoms with Crippen LogP contribution >= 0.6 is 0 Å². The van der Waals surface area contributed by atoms with E-state index in [1.807, 2.05) is 12.2 Å². The first-order valence-corrected chi connectivity index (χ1v) is 23.5. The predicted molar refractivity (Wildman–Crippen MR) is 225 cm³/mol. The number of hydrogen-bond donors (Lipinski definition) is 1. The van der Waals surface area contributed by atoms with Gasteiger partial charge in [-0.25, -0.2) is 9.59 Å². The molecule has 0 saturated heterocycles. The minimum Gasteiger partial charge on any atom is -0.458 e. The molecule has 310 valence electrons. The van der Waals surface area contributed by atoms with Crippen LogP contribution in [0.1, 0.15) is 227 Å². The maximum absolute atomic E-state index is 13.0. The van der Waals surface area contributed by atoms with E-state index in [0.717, 1.165) is 38.2 Å². The summed E-state index contributed by atoms with van der Waals surface area (Å²) in [5.41, 5.74) is -0.779. The van der Waals surface area contributed by atoms with Gasteiger partial charge in [-0.2, -0.15) is 8.42 Å². The molecule has 0 aromatic heterocycles. The monoisotopic (exact) mass is 775 g/mol. The average Bonchev–Trinajstić information content (AvgIpc) is 3.16. The fourth-order valence-corrected chi connectivity index (χ4v) is 7.51. The number of allylic oxidation sites excluding steroid dienone is 2. The molecule has 7 nitrogen and oxygen atoms in total. The van der Waals surface area contributed by atoms with Gasteiger partial charge in [0.1, 0.15) is 18.1 Å². The summed E-state index contributed by atoms with van der Waals surface area (Å²) in [4.78, 5) is 25.2. The van der Waals surface area contributed by atoms with Crippen molar-refractivity contribution in [3.05, 3.63) is 53.6 Å². The molecule has 0 aliphatic rings. The Hall–Kier alpha value is -2.45. The van der Waals surface area contributed by atoms with Gasteiger partial charge in [0.15, 0.2) is 0 Å². The zero-order valence-electron chi connectivity index (χ0n) is 34.5. The summed E-state index contributed by atoms with van der Waals surface area (Å²) in [6, 6.07) is 3.67. The molecule has 0 aliphatic heterocycles. The van der Waals surface area contributed by atoms with Crippen molar-refractivity contribution in [2.24, 2.45) is 0 Å². The number of carbonyl (C=O) groups is 2. The molecular formula is C46H78O7S. The van der Waals surface area contributed by atoms with Crippen LogP contribution in [0.4, 0.5) is 0 Å². The largest absolute Gasteiger partial charge is 0.458 e. The van der Waals surface area contributed by atoms with Crippen molar-refractivity contribution in [2.45, 2.75) is 211 Å². The molecular weight excluding hydrogens is 697 g/mol. The van der Waals surface area contributed by atoms with Gasteiger partial charge in [0.25, 0.3) is 10.1 Å². The fraction of sp³-hybridized carbons (Fsp3) is 0.739. The van der Waals surface area contributed by atoms with Crippen LogP contribution in [0.5, 0.6) is 0 Å². The molecule has 0 bridgehead atoms. The van der Waals surface area contributed by atoms with Gasteiger partial charge in [0.05, 0.1) is 11.1 Å². The van der Waals surface area contributed by atoms with E-state index in [1.165, 1.54) is 173 Å². The highest BCUT2D eigenvalue weighted by Crippen LogP contribution is 2.22. The summed E-state index contributed by atoms with van der Waals surface area (Å²) >= 11 is 0. The summed E-state index contributed by atoms with van der Waals surface area (Å²) in [6.07, 6.45) is 45.8. The molecule has 0 saturated carbocycles. The Balaban J connectivity index is 2.28. The highest BCUT2D eigenvalue weighted by molar-refractivity contribution is 7.86. The van der Waals surface area contributed by atoms with Crippen LogP contribution in [0.3, 0.4) is 0 Å². The zero-order chi connectivity index (χ0) is 39.4. The van der Waals surface area contributed by atoms with Crippen molar-refractivity contribution in [2.75, 3.05) is 13.2 Å². The van der Waals surface area contributed by atoms with E-state index < -0.39 is 32.5 Å². The Bertz CT molecular complexity index is 1240. The predicted octanol–water partition coefficient (Wildman–Crippen LogP) is 14.1. The number of benzene rings is 1. The van der Waals surface area contributed by atoms with Crippen LogP contribution in [-0.2, 0) is 19.6 Å². The lowest BCUT2D eigenvalue weighted by Crippen LogP contribution is -2.18. The van der Waals surface area contributed by atoms with Crippen molar-refractivity contribution >= 4 is 22.1 Å². The normalized spacial score (nSPS) is 11.9. The van der Waals surface area contributed by atoms with Gasteiger partial charge >= 0.3 is 11.9 Å². The van der Waals surface area contributed by atoms with Crippen LogP contribution < -0.4 is 0 Å². The maximum Gasteiger partial charge on any atom is 0.340 e. The Kier molecular flexibility index (Phi) is 32.1. The summed E-state index contributed by atoms with van der Waals surface area (Å²) in [6.45, 7) is 4.43. The Morgan fingerprint density at radius 3 is 1.19 bits per heavy atom. The molecule has 1 aromatic carbocycles. The molecule has 54 heavy (non-hydrogen) atoms. The van der Waals surface area contributed by atoms with Gasteiger partial charge in [0, 0.05) is 0 Å². The Morgan fingerprint density at radius 2 is 0.833 bits per heavy atom. The highest BCUT2D eigenvalue weighted by Gasteiger charge is 2.28. The minimum atomic E-state index is -4.79. The standard InChI is InChI=1S/C46H78O7S/c1-3-5-7-9-11-13-15-17-19-21-23-25-27-29-31-33-35-40-52-45(47)42-38-37-39-43(54(49,50)51)44(42)46(48)53-41-36-34-32-30-28-26-24-22-20-18-16-14-12-10-8-6-4-2/h33-39H,3-32,40-41H2,1-2H3,(H,49,50,51)/b35-33+,36-34+. The lowest BCUT2D eigenvalue weighted by Gasteiger charge is -2.11. The van der Waals surface area contributed by atoms with Crippen LogP contribution in [0.2, 0.25) is 0 Å². The van der Waals surface area contributed by atoms with E-state index in [-0.39, 0.29) is 18.8 Å². The molecule has 0 unspecified atom stereocenters. The Labute approximate surface area is 331 Å². The third-order valence-electron chi connectivity index (χ3n) is 10.1. The summed E-state index contributed by atoms with van der Waals surface area (Å²) in [7, 11) is -4.79. The lowest BCUT2D eigenvalue weighted by molar-refractivity contribution is 0.0499. The summed E-state index contributed by atoms with van der Waals surface area (Å²) < 4.78 is 44.6. The van der Waals surface area contributed by atoms with E-state index in [9.17, 15) is 22.6 Å². The number of esters is 2. The van der Waals surface area contributed by atoms with Crippen LogP contribution in [0.25, 0.3) is 0 Å². The first-order valence-electron chi connectivity index (χ1n) is 22.1. The molecule has 0 heterocycles. The average molecular weight is 775 g/mol. The molecule has 8 heteroatoms. The van der Waals surface area contributed by atoms with Crippen LogP contribution in [0.15, 0.2) is 47.4 Å². The SMILES string of the molecule is CCCCCCCCCCCCCCCC/C=C/COC(=O)c1cccc(S(=O)(=O)O)c1C(=O)OC/C=C/CCCCCCCCCCCCCCCC. The number of carbonyl (C=O) groups excluding carboxylic acids is 2. The smallest absolute Gasteiger partial charge is 0.340 e. The molecule has 1 aromatic rings. The molecule has 0 amide bonds. The van der Waals surface area contributed by atoms with Crippen molar-refractivity contribution in [1.29, 1.82) is 0 Å². The van der Waals surface area contributed by atoms with E-state index in [0.29, 0.717) is 0 Å². The fourth-order valence-electron chi connectivity index (χ4n) is 6.81. The van der Waals surface area contributed by atoms with E-state index >= 15 is 0 Å². The number of rotatable bonds is 37. The van der Waals surface area contributed by atoms with Gasteiger partial charge in [-0.15, -0.1) is 0 Å². The summed E-state index contributed by atoms with van der Waals surface area (Å²) in [5.74, 6) is -1.87. The summed E-state index contributed by atoms with van der Waals surface area (Å²) in [5, 5.41) is 0. The van der Waals surface area contributed by atoms with Crippen molar-refractivity contribution in [3.63, 3.8) is 0 Å². The van der Waals surface area contributed by atoms with E-state index in [2.05, 4.69) is 13.8 Å². The second kappa shape index (κ2) is 35.0. The lowest BCUT2D eigenvalue weighted by atomic mass is 10.0. The van der Waals surface area contributed by atoms with Gasteiger partial charge < -0.3 is 9.47 Å². The second-order valence-electron chi connectivity index (χ2n) is 15.1. The van der Waals surface area contributed by atoms with E-state index in [1.54, 1.807) is 12.2 Å². The van der Waals surface area contributed by atoms with Crippen LogP contribution in [-0.4, -0.2) is 38.1 Å². The molecule has 0 aliphatic carbocycles. The number of ether oxygens (including phenoxy) is 2. The number of hydrogen-bond acceptors (Lipinski definition) is 6. The molecule has 0 fully saturated rings. The first-order chi connectivity index (χ1) is 26.3.